The molecule has 2 rings (SSSR count). The molecule has 2 aromatic carbocycles. The second kappa shape index (κ2) is 7.18. The van der Waals surface area contributed by atoms with E-state index < -0.39 is 11.4 Å². The Bertz CT molecular complexity index is 578. The summed E-state index contributed by atoms with van der Waals surface area (Å²) < 4.78 is 20.8. The molecule has 22 heavy (non-hydrogen) atoms. The Hall–Kier alpha value is -1.49. The van der Waals surface area contributed by atoms with Crippen LogP contribution < -0.4 is 9.46 Å². The van der Waals surface area contributed by atoms with E-state index in [0.29, 0.717) is 0 Å². The molecule has 0 aliphatic carbocycles. The van der Waals surface area contributed by atoms with Gasteiger partial charge in [-0.25, -0.2) is 0 Å². The van der Waals surface area contributed by atoms with Gasteiger partial charge in [-0.1, -0.05) is 30.3 Å². The lowest BCUT2D eigenvalue weighted by molar-refractivity contribution is 0.482. The van der Waals surface area contributed by atoms with E-state index in [1.54, 1.807) is 0 Å². The maximum Gasteiger partial charge on any atom is 0.136 e. The molecule has 0 heterocycles. The maximum atomic E-state index is 12.1. The van der Waals surface area contributed by atoms with Gasteiger partial charge in [-0.3, -0.25) is 0 Å². The first-order valence-corrected chi connectivity index (χ1v) is 8.52. The number of hydrogen-bond acceptors (Lipinski definition) is 3. The van der Waals surface area contributed by atoms with Crippen LogP contribution in [-0.4, -0.2) is 9.30 Å². The average molecular weight is 317 g/mol. The summed E-state index contributed by atoms with van der Waals surface area (Å²) in [6, 6.07) is 17.6. The Morgan fingerprint density at radius 2 is 1.50 bits per heavy atom. The summed E-state index contributed by atoms with van der Waals surface area (Å²) in [5.41, 5.74) is 1.08. The first-order chi connectivity index (χ1) is 10.4. The number of ether oxygens (including phenoxy) is 1. The molecule has 2 aromatic rings. The third-order valence-corrected chi connectivity index (χ3v) is 4.88. The molecule has 3 nitrogen and oxygen atoms in total. The smallest absolute Gasteiger partial charge is 0.136 e. The van der Waals surface area contributed by atoms with Gasteiger partial charge >= 0.3 is 0 Å². The molecule has 1 N–H and O–H groups in total. The van der Waals surface area contributed by atoms with Crippen molar-refractivity contribution in [2.24, 2.45) is 0 Å². The molecule has 0 amide bonds. The van der Waals surface area contributed by atoms with Crippen LogP contribution in [0.4, 0.5) is 0 Å². The molecule has 0 aliphatic rings. The van der Waals surface area contributed by atoms with Crippen molar-refractivity contribution in [1.82, 2.24) is 4.72 Å². The van der Waals surface area contributed by atoms with Crippen LogP contribution in [0.2, 0.25) is 0 Å². The van der Waals surface area contributed by atoms with Crippen molar-refractivity contribution >= 4 is 11.4 Å². The lowest BCUT2D eigenvalue weighted by atomic mass is 10.1. The van der Waals surface area contributed by atoms with E-state index in [9.17, 15) is 4.55 Å². The molecule has 2 atom stereocenters. The Morgan fingerprint density at radius 1 is 0.955 bits per heavy atom. The third-order valence-electron chi connectivity index (χ3n) is 3.20. The lowest BCUT2D eigenvalue weighted by Gasteiger charge is -2.26. The van der Waals surface area contributed by atoms with Crippen LogP contribution in [-0.2, 0) is 11.4 Å². The van der Waals surface area contributed by atoms with Gasteiger partial charge in [0.05, 0.1) is 6.04 Å². The van der Waals surface area contributed by atoms with Crippen LogP contribution >= 0.6 is 0 Å². The van der Waals surface area contributed by atoms with E-state index in [2.05, 4.69) is 4.72 Å². The van der Waals surface area contributed by atoms with Crippen molar-refractivity contribution in [3.05, 3.63) is 60.2 Å². The SMILES string of the molecule is CC(N[S+]([O-])C(C)(C)C)c1ccc(Oc2ccccc2)cc1. The molecule has 0 aliphatic heterocycles. The van der Waals surface area contributed by atoms with Crippen molar-refractivity contribution in [3.8, 4) is 11.5 Å². The van der Waals surface area contributed by atoms with Crippen LogP contribution in [0.3, 0.4) is 0 Å². The fraction of sp³-hybridized carbons (Fsp3) is 0.333. The predicted molar refractivity (Wildman–Crippen MR) is 92.4 cm³/mol. The van der Waals surface area contributed by atoms with E-state index in [0.717, 1.165) is 17.1 Å². The first-order valence-electron chi connectivity index (χ1n) is 7.37. The fourth-order valence-electron chi connectivity index (χ4n) is 1.85. The minimum absolute atomic E-state index is 0.0193. The topological polar surface area (TPSA) is 44.3 Å². The highest BCUT2D eigenvalue weighted by molar-refractivity contribution is 7.90. The molecule has 118 valence electrons. The van der Waals surface area contributed by atoms with Crippen LogP contribution in [0.25, 0.3) is 0 Å². The maximum absolute atomic E-state index is 12.1. The van der Waals surface area contributed by atoms with E-state index in [1.807, 2.05) is 82.3 Å². The van der Waals surface area contributed by atoms with Crippen molar-refractivity contribution in [2.75, 3.05) is 0 Å². The van der Waals surface area contributed by atoms with Crippen molar-refractivity contribution in [3.63, 3.8) is 0 Å². The van der Waals surface area contributed by atoms with Gasteiger partial charge in [0.2, 0.25) is 0 Å². The Kier molecular flexibility index (Phi) is 5.51. The number of hydrogen-bond donors (Lipinski definition) is 1. The van der Waals surface area contributed by atoms with E-state index in [1.165, 1.54) is 0 Å². The number of nitrogens with one attached hydrogen (secondary N) is 1. The molecule has 0 spiro atoms. The summed E-state index contributed by atoms with van der Waals surface area (Å²) in [4.78, 5) is 0. The predicted octanol–water partition coefficient (Wildman–Crippen LogP) is 4.59. The van der Waals surface area contributed by atoms with Crippen LogP contribution in [0.5, 0.6) is 11.5 Å². The summed E-state index contributed by atoms with van der Waals surface area (Å²) in [5, 5.41) is 0. The Morgan fingerprint density at radius 3 is 2.05 bits per heavy atom. The minimum atomic E-state index is -1.09. The second-order valence-electron chi connectivity index (χ2n) is 6.20. The van der Waals surface area contributed by atoms with Gasteiger partial charge in [0.15, 0.2) is 0 Å². The summed E-state index contributed by atoms with van der Waals surface area (Å²) in [6.45, 7) is 7.88. The van der Waals surface area contributed by atoms with E-state index in [4.69, 9.17) is 4.74 Å². The Labute approximate surface area is 136 Å². The molecule has 0 saturated carbocycles. The molecule has 0 aromatic heterocycles. The lowest BCUT2D eigenvalue weighted by Crippen LogP contribution is -2.40. The molecule has 0 radical (unpaired) electrons. The zero-order valence-electron chi connectivity index (χ0n) is 13.5. The third kappa shape index (κ3) is 4.77. The summed E-state index contributed by atoms with van der Waals surface area (Å²) >= 11 is -1.09. The van der Waals surface area contributed by atoms with Gasteiger partial charge in [0.1, 0.15) is 16.2 Å². The molecule has 0 bridgehead atoms. The van der Waals surface area contributed by atoms with Gasteiger partial charge in [-0.2, -0.15) is 0 Å². The van der Waals surface area contributed by atoms with Gasteiger partial charge in [-0.05, 0) is 57.5 Å². The monoisotopic (exact) mass is 317 g/mol. The molecular formula is C18H23NO2S. The quantitative estimate of drug-likeness (QED) is 0.820. The minimum Gasteiger partial charge on any atom is -0.598 e. The summed E-state index contributed by atoms with van der Waals surface area (Å²) in [7, 11) is 0. The molecule has 2 unspecified atom stereocenters. The molecule has 4 heteroatoms. The van der Waals surface area contributed by atoms with Crippen molar-refractivity contribution in [1.29, 1.82) is 0 Å². The summed E-state index contributed by atoms with van der Waals surface area (Å²) in [6.07, 6.45) is 0. The van der Waals surface area contributed by atoms with Crippen molar-refractivity contribution in [2.45, 2.75) is 38.5 Å². The molecule has 0 fully saturated rings. The highest BCUT2D eigenvalue weighted by Crippen LogP contribution is 2.24. The number of para-hydroxylation sites is 1. The first kappa shape index (κ1) is 16.9. The zero-order chi connectivity index (χ0) is 16.2. The number of rotatable bonds is 5. The average Bonchev–Trinajstić information content (AvgIpc) is 2.48. The fourth-order valence-corrected chi connectivity index (χ4v) is 2.67. The normalized spacial score (nSPS) is 14.4. The van der Waals surface area contributed by atoms with Crippen molar-refractivity contribution < 1.29 is 9.29 Å². The zero-order valence-corrected chi connectivity index (χ0v) is 14.3. The van der Waals surface area contributed by atoms with Gasteiger partial charge < -0.3 is 9.29 Å². The highest BCUT2D eigenvalue weighted by Gasteiger charge is 2.28. The van der Waals surface area contributed by atoms with E-state index in [-0.39, 0.29) is 10.8 Å². The van der Waals surface area contributed by atoms with Gasteiger partial charge in [0, 0.05) is 11.4 Å². The Balaban J connectivity index is 1.99. The van der Waals surface area contributed by atoms with Crippen LogP contribution in [0.1, 0.15) is 39.3 Å². The van der Waals surface area contributed by atoms with Gasteiger partial charge in [0.25, 0.3) is 0 Å². The van der Waals surface area contributed by atoms with Gasteiger partial charge in [-0.15, -0.1) is 4.72 Å². The second-order valence-corrected chi connectivity index (χ2v) is 8.20. The number of benzene rings is 2. The molecular weight excluding hydrogens is 294 g/mol. The van der Waals surface area contributed by atoms with Crippen LogP contribution in [0, 0.1) is 0 Å². The summed E-state index contributed by atoms with van der Waals surface area (Å²) in [5.74, 6) is 1.61. The van der Waals surface area contributed by atoms with Crippen LogP contribution in [0.15, 0.2) is 54.6 Å². The highest BCUT2D eigenvalue weighted by atomic mass is 32.2. The van der Waals surface area contributed by atoms with E-state index >= 15 is 0 Å². The molecule has 0 saturated heterocycles. The largest absolute Gasteiger partial charge is 0.598 e. The standard InChI is InChI=1S/C18H23NO2S/c1-14(19-22(20)18(2,3)4)15-10-12-17(13-11-15)21-16-8-6-5-7-9-16/h5-14,19H,1-4H3.